The Bertz CT molecular complexity index is 299. The van der Waals surface area contributed by atoms with E-state index >= 15 is 0 Å². The number of unbranched alkanes of at least 4 members (excludes halogenated alkanes) is 1. The van der Waals surface area contributed by atoms with Crippen LogP contribution in [0.2, 0.25) is 0 Å². The van der Waals surface area contributed by atoms with Crippen molar-refractivity contribution in [3.8, 4) is 0 Å². The molecule has 0 spiro atoms. The van der Waals surface area contributed by atoms with Crippen molar-refractivity contribution in [3.63, 3.8) is 0 Å². The molecule has 0 aromatic carbocycles. The van der Waals surface area contributed by atoms with E-state index in [0.717, 1.165) is 12.8 Å². The SMILES string of the molecule is CCCCOC(=O)CCOCCCNC(=O)OC(C)(C)C. The van der Waals surface area contributed by atoms with Gasteiger partial charge in [-0.1, -0.05) is 13.3 Å². The van der Waals surface area contributed by atoms with Crippen molar-refractivity contribution in [3.05, 3.63) is 0 Å². The highest BCUT2D eigenvalue weighted by Gasteiger charge is 2.15. The van der Waals surface area contributed by atoms with E-state index in [1.54, 1.807) is 0 Å². The van der Waals surface area contributed by atoms with E-state index in [4.69, 9.17) is 14.2 Å². The van der Waals surface area contributed by atoms with Gasteiger partial charge in [-0.25, -0.2) is 4.79 Å². The van der Waals surface area contributed by atoms with Gasteiger partial charge in [-0.15, -0.1) is 0 Å². The molecule has 0 saturated carbocycles. The quantitative estimate of drug-likeness (QED) is 0.496. The predicted octanol–water partition coefficient (Wildman–Crippen LogP) is 2.65. The summed E-state index contributed by atoms with van der Waals surface area (Å²) >= 11 is 0. The molecule has 1 amide bonds. The summed E-state index contributed by atoms with van der Waals surface area (Å²) in [7, 11) is 0. The van der Waals surface area contributed by atoms with Crippen LogP contribution < -0.4 is 5.32 Å². The zero-order valence-electron chi connectivity index (χ0n) is 13.7. The molecule has 1 N–H and O–H groups in total. The van der Waals surface area contributed by atoms with Gasteiger partial charge in [0.1, 0.15) is 5.60 Å². The average Bonchev–Trinajstić information content (AvgIpc) is 2.35. The van der Waals surface area contributed by atoms with E-state index in [-0.39, 0.29) is 12.4 Å². The molecule has 0 aliphatic carbocycles. The summed E-state index contributed by atoms with van der Waals surface area (Å²) in [5, 5.41) is 2.64. The minimum absolute atomic E-state index is 0.227. The molecule has 124 valence electrons. The molecule has 6 nitrogen and oxygen atoms in total. The van der Waals surface area contributed by atoms with Crippen LogP contribution in [0.15, 0.2) is 0 Å². The molecule has 0 radical (unpaired) electrons. The van der Waals surface area contributed by atoms with E-state index < -0.39 is 11.7 Å². The van der Waals surface area contributed by atoms with Crippen LogP contribution >= 0.6 is 0 Å². The molecule has 6 heteroatoms. The summed E-state index contributed by atoms with van der Waals surface area (Å²) in [5.41, 5.74) is -0.487. The van der Waals surface area contributed by atoms with Gasteiger partial charge in [0.05, 0.1) is 19.6 Å². The molecular formula is C15H29NO5. The van der Waals surface area contributed by atoms with E-state index in [1.165, 1.54) is 0 Å². The van der Waals surface area contributed by atoms with Crippen molar-refractivity contribution in [2.45, 2.75) is 59.0 Å². The summed E-state index contributed by atoms with van der Waals surface area (Å²) in [5.74, 6) is -0.227. The molecule has 0 rings (SSSR count). The van der Waals surface area contributed by atoms with Gasteiger partial charge in [0.15, 0.2) is 0 Å². The van der Waals surface area contributed by atoms with Crippen LogP contribution in [-0.4, -0.2) is 44.0 Å². The molecule has 0 atom stereocenters. The molecule has 0 heterocycles. The Balaban J connectivity index is 3.36. The van der Waals surface area contributed by atoms with Gasteiger partial charge in [-0.2, -0.15) is 0 Å². The van der Waals surface area contributed by atoms with Gasteiger partial charge in [-0.05, 0) is 33.6 Å². The maximum Gasteiger partial charge on any atom is 0.407 e. The number of nitrogens with one attached hydrogen (secondary N) is 1. The lowest BCUT2D eigenvalue weighted by Crippen LogP contribution is -2.33. The number of carbonyl (C=O) groups is 2. The fourth-order valence-electron chi connectivity index (χ4n) is 1.34. The van der Waals surface area contributed by atoms with Crippen LogP contribution in [0.25, 0.3) is 0 Å². The van der Waals surface area contributed by atoms with Gasteiger partial charge in [-0.3, -0.25) is 4.79 Å². The highest BCUT2D eigenvalue weighted by atomic mass is 16.6. The fourth-order valence-corrected chi connectivity index (χ4v) is 1.34. The number of ether oxygens (including phenoxy) is 3. The normalized spacial score (nSPS) is 11.0. The minimum atomic E-state index is -0.487. The van der Waals surface area contributed by atoms with Crippen LogP contribution in [0.3, 0.4) is 0 Å². The van der Waals surface area contributed by atoms with Crippen LogP contribution in [0.5, 0.6) is 0 Å². The first kappa shape index (κ1) is 19.7. The summed E-state index contributed by atoms with van der Waals surface area (Å²) in [6, 6.07) is 0. The van der Waals surface area contributed by atoms with Crippen molar-refractivity contribution in [2.75, 3.05) is 26.4 Å². The third kappa shape index (κ3) is 14.9. The van der Waals surface area contributed by atoms with Crippen LogP contribution in [0.1, 0.15) is 53.4 Å². The molecular weight excluding hydrogens is 274 g/mol. The van der Waals surface area contributed by atoms with Gasteiger partial charge in [0.25, 0.3) is 0 Å². The Labute approximate surface area is 127 Å². The van der Waals surface area contributed by atoms with Crippen LogP contribution in [0, 0.1) is 0 Å². The topological polar surface area (TPSA) is 73.9 Å². The third-order valence-corrected chi connectivity index (χ3v) is 2.35. The number of hydrogen-bond donors (Lipinski definition) is 1. The first-order chi connectivity index (χ1) is 9.85. The highest BCUT2D eigenvalue weighted by Crippen LogP contribution is 2.06. The average molecular weight is 303 g/mol. The summed E-state index contributed by atoms with van der Waals surface area (Å²) in [6.45, 7) is 9.28. The number of carbonyl (C=O) groups excluding carboxylic acids is 2. The molecule has 0 bridgehead atoms. The summed E-state index contributed by atoms with van der Waals surface area (Å²) in [6.07, 6.45) is 2.41. The zero-order valence-corrected chi connectivity index (χ0v) is 13.7. The lowest BCUT2D eigenvalue weighted by atomic mass is 10.2. The van der Waals surface area contributed by atoms with Crippen molar-refractivity contribution in [1.82, 2.24) is 5.32 Å². The van der Waals surface area contributed by atoms with E-state index in [0.29, 0.717) is 32.8 Å². The number of amides is 1. The standard InChI is InChI=1S/C15H29NO5/c1-5-6-11-20-13(17)8-12-19-10-7-9-16-14(18)21-15(2,3)4/h5-12H2,1-4H3,(H,16,18). The first-order valence-corrected chi connectivity index (χ1v) is 7.55. The monoisotopic (exact) mass is 303 g/mol. The number of esters is 1. The fraction of sp³-hybridized carbons (Fsp3) is 0.867. The van der Waals surface area contributed by atoms with E-state index in [1.807, 2.05) is 27.7 Å². The second-order valence-corrected chi connectivity index (χ2v) is 5.72. The zero-order chi connectivity index (χ0) is 16.1. The lowest BCUT2D eigenvalue weighted by Gasteiger charge is -2.19. The molecule has 0 aliphatic heterocycles. The lowest BCUT2D eigenvalue weighted by molar-refractivity contribution is -0.144. The summed E-state index contributed by atoms with van der Waals surface area (Å²) in [4.78, 5) is 22.6. The van der Waals surface area contributed by atoms with Gasteiger partial charge < -0.3 is 19.5 Å². The van der Waals surface area contributed by atoms with Crippen molar-refractivity contribution in [1.29, 1.82) is 0 Å². The Morgan fingerprint density at radius 2 is 1.76 bits per heavy atom. The highest BCUT2D eigenvalue weighted by molar-refractivity contribution is 5.69. The first-order valence-electron chi connectivity index (χ1n) is 7.55. The van der Waals surface area contributed by atoms with E-state index in [2.05, 4.69) is 5.32 Å². The molecule has 0 aliphatic rings. The third-order valence-electron chi connectivity index (χ3n) is 2.35. The molecule has 21 heavy (non-hydrogen) atoms. The maximum absolute atomic E-state index is 11.3. The van der Waals surface area contributed by atoms with E-state index in [9.17, 15) is 9.59 Å². The second-order valence-electron chi connectivity index (χ2n) is 5.72. The molecule has 0 aromatic rings. The van der Waals surface area contributed by atoms with Crippen molar-refractivity contribution < 1.29 is 23.8 Å². The smallest absolute Gasteiger partial charge is 0.407 e. The molecule has 0 aromatic heterocycles. The Hall–Kier alpha value is -1.30. The molecule has 0 fully saturated rings. The minimum Gasteiger partial charge on any atom is -0.466 e. The predicted molar refractivity (Wildman–Crippen MR) is 80.2 cm³/mol. The Morgan fingerprint density at radius 3 is 2.38 bits per heavy atom. The number of hydrogen-bond acceptors (Lipinski definition) is 5. The van der Waals surface area contributed by atoms with Crippen molar-refractivity contribution >= 4 is 12.1 Å². The number of rotatable bonds is 10. The largest absolute Gasteiger partial charge is 0.466 e. The maximum atomic E-state index is 11.3. The van der Waals surface area contributed by atoms with Gasteiger partial charge >= 0.3 is 12.1 Å². The Kier molecular flexibility index (Phi) is 10.7. The van der Waals surface area contributed by atoms with Crippen LogP contribution in [0.4, 0.5) is 4.79 Å². The molecule has 0 saturated heterocycles. The number of alkyl carbamates (subject to hydrolysis) is 1. The summed E-state index contributed by atoms with van der Waals surface area (Å²) < 4.78 is 15.4. The molecule has 0 unspecified atom stereocenters. The second kappa shape index (κ2) is 11.4. The van der Waals surface area contributed by atoms with Crippen molar-refractivity contribution in [2.24, 2.45) is 0 Å². The van der Waals surface area contributed by atoms with Gasteiger partial charge in [0, 0.05) is 13.2 Å². The van der Waals surface area contributed by atoms with Crippen LogP contribution in [-0.2, 0) is 19.0 Å². The van der Waals surface area contributed by atoms with Gasteiger partial charge in [0.2, 0.25) is 0 Å². The Morgan fingerprint density at radius 1 is 1.05 bits per heavy atom.